The first-order valence-corrected chi connectivity index (χ1v) is 7.65. The first kappa shape index (κ1) is 14.4. The van der Waals surface area contributed by atoms with E-state index in [0.717, 1.165) is 27.8 Å². The Hall–Kier alpha value is -3.21. The van der Waals surface area contributed by atoms with Crippen molar-refractivity contribution in [1.82, 2.24) is 14.5 Å². The quantitative estimate of drug-likeness (QED) is 0.614. The topological polar surface area (TPSA) is 42.7 Å². The average molecular weight is 318 g/mol. The van der Waals surface area contributed by atoms with Gasteiger partial charge in [0.2, 0.25) is 0 Å². The molecule has 4 aromatic rings. The predicted octanol–water partition coefficient (Wildman–Crippen LogP) is 4.17. The Morgan fingerprint density at radius 2 is 1.88 bits per heavy atom. The fourth-order valence-corrected chi connectivity index (χ4v) is 2.67. The molecule has 0 radical (unpaired) electrons. The van der Waals surface area contributed by atoms with Gasteiger partial charge in [0.05, 0.1) is 6.33 Å². The van der Waals surface area contributed by atoms with Crippen molar-refractivity contribution in [3.05, 3.63) is 84.8 Å². The smallest absolute Gasteiger partial charge is 0.134 e. The Bertz CT molecular complexity index is 963. The lowest BCUT2D eigenvalue weighted by Gasteiger charge is -2.10. The van der Waals surface area contributed by atoms with Gasteiger partial charge in [0.15, 0.2) is 0 Å². The lowest BCUT2D eigenvalue weighted by molar-refractivity contribution is 0.630. The van der Waals surface area contributed by atoms with Gasteiger partial charge < -0.3 is 9.88 Å². The van der Waals surface area contributed by atoms with E-state index in [9.17, 15) is 4.39 Å². The normalized spacial score (nSPS) is 10.9. The molecule has 4 nitrogen and oxygen atoms in total. The second-order valence-electron chi connectivity index (χ2n) is 5.51. The van der Waals surface area contributed by atoms with Gasteiger partial charge >= 0.3 is 0 Å². The molecule has 0 saturated carbocycles. The van der Waals surface area contributed by atoms with E-state index in [0.29, 0.717) is 6.54 Å². The van der Waals surface area contributed by atoms with Crippen molar-refractivity contribution in [2.45, 2.75) is 6.54 Å². The number of rotatable bonds is 4. The van der Waals surface area contributed by atoms with Gasteiger partial charge in [0.25, 0.3) is 0 Å². The van der Waals surface area contributed by atoms with Gasteiger partial charge in [-0.2, -0.15) is 0 Å². The van der Waals surface area contributed by atoms with Crippen LogP contribution in [0.4, 0.5) is 10.2 Å². The molecule has 2 aromatic heterocycles. The van der Waals surface area contributed by atoms with Crippen LogP contribution in [0.25, 0.3) is 16.5 Å². The van der Waals surface area contributed by atoms with Crippen molar-refractivity contribution in [2.75, 3.05) is 5.32 Å². The highest BCUT2D eigenvalue weighted by atomic mass is 19.1. The van der Waals surface area contributed by atoms with Crippen LogP contribution in [0.15, 0.2) is 73.4 Å². The minimum Gasteiger partial charge on any atom is -0.365 e. The van der Waals surface area contributed by atoms with Crippen molar-refractivity contribution in [3.63, 3.8) is 0 Å². The van der Waals surface area contributed by atoms with E-state index in [2.05, 4.69) is 27.4 Å². The summed E-state index contributed by atoms with van der Waals surface area (Å²) in [6.45, 7) is 0.647. The predicted molar refractivity (Wildman–Crippen MR) is 92.6 cm³/mol. The fraction of sp³-hybridized carbons (Fsp3) is 0.0526. The van der Waals surface area contributed by atoms with E-state index >= 15 is 0 Å². The van der Waals surface area contributed by atoms with E-state index in [1.54, 1.807) is 24.8 Å². The molecule has 24 heavy (non-hydrogen) atoms. The molecular formula is C19H15FN4. The molecule has 0 aliphatic rings. The molecule has 0 aliphatic carbocycles. The van der Waals surface area contributed by atoms with Gasteiger partial charge in [-0.25, -0.2) is 14.4 Å². The zero-order valence-corrected chi connectivity index (χ0v) is 12.9. The van der Waals surface area contributed by atoms with Gasteiger partial charge in [0.1, 0.15) is 11.6 Å². The third-order valence-electron chi connectivity index (χ3n) is 3.93. The highest BCUT2D eigenvalue weighted by molar-refractivity contribution is 5.91. The maximum atomic E-state index is 13.3. The Kier molecular flexibility index (Phi) is 3.67. The Labute approximate surface area is 138 Å². The number of nitrogens with zero attached hydrogens (tertiary/aromatic N) is 3. The molecule has 2 aromatic carbocycles. The zero-order valence-electron chi connectivity index (χ0n) is 12.9. The molecule has 5 heteroatoms. The lowest BCUT2D eigenvalue weighted by atomic mass is 10.1. The molecular weight excluding hydrogens is 303 g/mol. The van der Waals surface area contributed by atoms with Crippen LogP contribution in [0.3, 0.4) is 0 Å². The van der Waals surface area contributed by atoms with Crippen LogP contribution in [-0.4, -0.2) is 14.5 Å². The zero-order chi connectivity index (χ0) is 16.4. The summed E-state index contributed by atoms with van der Waals surface area (Å²) in [7, 11) is 0. The molecule has 0 fully saturated rings. The Morgan fingerprint density at radius 1 is 1.00 bits per heavy atom. The third kappa shape index (κ3) is 2.84. The van der Waals surface area contributed by atoms with Crippen LogP contribution in [-0.2, 0) is 6.54 Å². The number of imidazole rings is 1. The van der Waals surface area contributed by atoms with E-state index in [1.165, 1.54) is 12.1 Å². The van der Waals surface area contributed by atoms with E-state index in [1.807, 2.05) is 29.0 Å². The van der Waals surface area contributed by atoms with Crippen LogP contribution in [0, 0.1) is 5.82 Å². The summed E-state index contributed by atoms with van der Waals surface area (Å²) in [5, 5.41) is 5.07. The lowest BCUT2D eigenvalue weighted by Crippen LogP contribution is -2.02. The fourth-order valence-electron chi connectivity index (χ4n) is 2.67. The van der Waals surface area contributed by atoms with Gasteiger partial charge in [0, 0.05) is 36.2 Å². The van der Waals surface area contributed by atoms with Crippen molar-refractivity contribution in [2.24, 2.45) is 0 Å². The Morgan fingerprint density at radius 3 is 2.67 bits per heavy atom. The summed E-state index contributed by atoms with van der Waals surface area (Å²) in [5.74, 6) is 0.515. The van der Waals surface area contributed by atoms with E-state index in [-0.39, 0.29) is 5.82 Å². The molecule has 0 aliphatic heterocycles. The first-order valence-electron chi connectivity index (χ1n) is 7.65. The van der Waals surface area contributed by atoms with Gasteiger partial charge in [-0.3, -0.25) is 0 Å². The van der Waals surface area contributed by atoms with Crippen molar-refractivity contribution >= 4 is 16.6 Å². The summed E-state index contributed by atoms with van der Waals surface area (Å²) in [6.07, 6.45) is 7.12. The van der Waals surface area contributed by atoms with Crippen molar-refractivity contribution in [1.29, 1.82) is 0 Å². The summed E-state index contributed by atoms with van der Waals surface area (Å²) in [6, 6.07) is 14.7. The minimum atomic E-state index is -0.241. The second-order valence-corrected chi connectivity index (χ2v) is 5.51. The molecule has 0 saturated heterocycles. The standard InChI is InChI=1S/C19H15FN4/c20-16-3-6-18-15(11-16)7-8-22-19(18)23-12-14-1-4-17(5-2-14)24-10-9-21-13-24/h1-11,13H,12H2,(H,22,23). The van der Waals surface area contributed by atoms with Crippen LogP contribution in [0.1, 0.15) is 5.56 Å². The number of pyridine rings is 1. The molecule has 0 atom stereocenters. The monoisotopic (exact) mass is 318 g/mol. The number of fused-ring (bicyclic) bond motifs is 1. The molecule has 0 bridgehead atoms. The molecule has 0 amide bonds. The average Bonchev–Trinajstić information content (AvgIpc) is 3.14. The molecule has 1 N–H and O–H groups in total. The van der Waals surface area contributed by atoms with Crippen molar-refractivity contribution < 1.29 is 4.39 Å². The Balaban J connectivity index is 1.53. The summed E-state index contributed by atoms with van der Waals surface area (Å²) in [5.41, 5.74) is 2.20. The maximum absolute atomic E-state index is 13.3. The molecule has 118 valence electrons. The number of anilines is 1. The summed E-state index contributed by atoms with van der Waals surface area (Å²) in [4.78, 5) is 8.41. The van der Waals surface area contributed by atoms with Crippen LogP contribution >= 0.6 is 0 Å². The molecule has 0 unspecified atom stereocenters. The molecule has 4 rings (SSSR count). The number of nitrogens with one attached hydrogen (secondary N) is 1. The van der Waals surface area contributed by atoms with E-state index < -0.39 is 0 Å². The summed E-state index contributed by atoms with van der Waals surface area (Å²) < 4.78 is 15.3. The molecule has 2 heterocycles. The third-order valence-corrected chi connectivity index (χ3v) is 3.93. The number of hydrogen-bond acceptors (Lipinski definition) is 3. The highest BCUT2D eigenvalue weighted by Gasteiger charge is 2.04. The van der Waals surface area contributed by atoms with Gasteiger partial charge in [-0.15, -0.1) is 0 Å². The largest absolute Gasteiger partial charge is 0.365 e. The van der Waals surface area contributed by atoms with Crippen LogP contribution in [0.2, 0.25) is 0 Å². The van der Waals surface area contributed by atoms with Gasteiger partial charge in [-0.1, -0.05) is 12.1 Å². The number of aromatic nitrogens is 3. The minimum absolute atomic E-state index is 0.241. The number of halogens is 1. The second kappa shape index (κ2) is 6.12. The number of benzene rings is 2. The van der Waals surface area contributed by atoms with Gasteiger partial charge in [-0.05, 0) is 47.3 Å². The molecule has 0 spiro atoms. The first-order chi connectivity index (χ1) is 11.8. The van der Waals surface area contributed by atoms with E-state index in [4.69, 9.17) is 0 Å². The highest BCUT2D eigenvalue weighted by Crippen LogP contribution is 2.22. The maximum Gasteiger partial charge on any atom is 0.134 e. The van der Waals surface area contributed by atoms with Crippen molar-refractivity contribution in [3.8, 4) is 5.69 Å². The number of hydrogen-bond donors (Lipinski definition) is 1. The van der Waals surface area contributed by atoms with Crippen LogP contribution < -0.4 is 5.32 Å². The van der Waals surface area contributed by atoms with Crippen LogP contribution in [0.5, 0.6) is 0 Å². The summed E-state index contributed by atoms with van der Waals surface area (Å²) >= 11 is 0. The SMILES string of the molecule is Fc1ccc2c(NCc3ccc(-n4ccnc4)cc3)nccc2c1.